The molecule has 0 N–H and O–H groups in total. The fourth-order valence-electron chi connectivity index (χ4n) is 2.71. The van der Waals surface area contributed by atoms with Gasteiger partial charge in [0.1, 0.15) is 6.17 Å². The van der Waals surface area contributed by atoms with E-state index in [0.29, 0.717) is 18.0 Å². The second-order valence-electron chi connectivity index (χ2n) is 5.64. The van der Waals surface area contributed by atoms with E-state index in [1.807, 2.05) is 35.2 Å². The Morgan fingerprint density at radius 2 is 1.91 bits per heavy atom. The van der Waals surface area contributed by atoms with Gasteiger partial charge in [-0.25, -0.2) is 4.39 Å². The molecule has 2 rings (SSSR count). The second kappa shape index (κ2) is 6.64. The maximum Gasteiger partial charge on any atom is 0.471 e. The molecule has 1 fully saturated rings. The van der Waals surface area contributed by atoms with Gasteiger partial charge >= 0.3 is 12.1 Å². The van der Waals surface area contributed by atoms with Gasteiger partial charge in [0.15, 0.2) is 0 Å². The summed E-state index contributed by atoms with van der Waals surface area (Å²) in [6, 6.07) is 9.48. The zero-order valence-corrected chi connectivity index (χ0v) is 12.2. The molecular weight excluding hydrogens is 300 g/mol. The summed E-state index contributed by atoms with van der Waals surface area (Å²) in [4.78, 5) is 13.5. The predicted molar refractivity (Wildman–Crippen MR) is 73.8 cm³/mol. The second-order valence-corrected chi connectivity index (χ2v) is 5.64. The van der Waals surface area contributed by atoms with E-state index in [4.69, 9.17) is 0 Å². The number of likely N-dealkylation sites (tertiary alicyclic amines) is 1. The summed E-state index contributed by atoms with van der Waals surface area (Å²) in [5, 5.41) is 0. The summed E-state index contributed by atoms with van der Waals surface area (Å²) in [5.41, 5.74) is 1.02. The van der Waals surface area contributed by atoms with Crippen molar-refractivity contribution in [3.8, 4) is 0 Å². The van der Waals surface area contributed by atoms with Crippen LogP contribution in [0.2, 0.25) is 0 Å². The lowest BCUT2D eigenvalue weighted by Crippen LogP contribution is -2.42. The van der Waals surface area contributed by atoms with Gasteiger partial charge in [-0.05, 0) is 5.56 Å². The van der Waals surface area contributed by atoms with Gasteiger partial charge in [-0.3, -0.25) is 9.69 Å². The fourth-order valence-corrected chi connectivity index (χ4v) is 2.71. The number of carbonyl (C=O) groups excluding carboxylic acids is 1. The van der Waals surface area contributed by atoms with Crippen molar-refractivity contribution in [2.75, 3.05) is 26.7 Å². The first-order chi connectivity index (χ1) is 10.3. The molecule has 0 radical (unpaired) electrons. The van der Waals surface area contributed by atoms with Crippen LogP contribution in [-0.4, -0.2) is 54.7 Å². The molecule has 0 saturated carbocycles. The highest BCUT2D eigenvalue weighted by Gasteiger charge is 2.43. The summed E-state index contributed by atoms with van der Waals surface area (Å²) in [7, 11) is 1.06. The summed E-state index contributed by atoms with van der Waals surface area (Å²) in [6.07, 6.45) is -6.14. The summed E-state index contributed by atoms with van der Waals surface area (Å²) in [6.45, 7) is 0.832. The van der Waals surface area contributed by atoms with Crippen LogP contribution in [0.5, 0.6) is 0 Å². The minimum Gasteiger partial charge on any atom is -0.338 e. The number of nitrogens with zero attached hydrogens (tertiary/aromatic N) is 2. The third-order valence-corrected chi connectivity index (χ3v) is 3.78. The Labute approximate surface area is 126 Å². The molecule has 1 heterocycles. The molecule has 1 amide bonds. The van der Waals surface area contributed by atoms with Crippen LogP contribution >= 0.6 is 0 Å². The lowest BCUT2D eigenvalue weighted by Gasteiger charge is -2.23. The number of halogens is 4. The number of benzene rings is 1. The number of hydrogen-bond acceptors (Lipinski definition) is 2. The molecule has 1 aliphatic heterocycles. The number of alkyl halides is 4. The molecule has 22 heavy (non-hydrogen) atoms. The van der Waals surface area contributed by atoms with E-state index in [1.165, 1.54) is 0 Å². The first-order valence-electron chi connectivity index (χ1n) is 7.00. The molecule has 1 aromatic rings. The van der Waals surface area contributed by atoms with Crippen LogP contribution in [0, 0.1) is 5.92 Å². The molecule has 3 nitrogen and oxygen atoms in total. The van der Waals surface area contributed by atoms with Gasteiger partial charge in [0.05, 0.1) is 0 Å². The third kappa shape index (κ3) is 4.19. The Hall–Kier alpha value is -1.63. The topological polar surface area (TPSA) is 23.6 Å². The highest BCUT2D eigenvalue weighted by atomic mass is 19.4. The van der Waals surface area contributed by atoms with E-state index in [2.05, 4.69) is 0 Å². The lowest BCUT2D eigenvalue weighted by atomic mass is 10.1. The third-order valence-electron chi connectivity index (χ3n) is 3.78. The fraction of sp³-hybridized carbons (Fsp3) is 0.533. The van der Waals surface area contributed by atoms with E-state index in [0.717, 1.165) is 12.6 Å². The Bertz CT molecular complexity index is 506. The molecule has 1 saturated heterocycles. The van der Waals surface area contributed by atoms with Crippen LogP contribution in [0.4, 0.5) is 17.6 Å². The highest BCUT2D eigenvalue weighted by Crippen LogP contribution is 2.24. The monoisotopic (exact) mass is 318 g/mol. The smallest absolute Gasteiger partial charge is 0.338 e. The van der Waals surface area contributed by atoms with Gasteiger partial charge in [0.2, 0.25) is 0 Å². The predicted octanol–water partition coefficient (Wildman–Crippen LogP) is 2.48. The minimum absolute atomic E-state index is 0.174. The number of amides is 1. The van der Waals surface area contributed by atoms with Crippen molar-refractivity contribution in [2.24, 2.45) is 5.92 Å². The molecule has 1 aromatic carbocycles. The van der Waals surface area contributed by atoms with E-state index in [1.54, 1.807) is 0 Å². The Morgan fingerprint density at radius 1 is 1.27 bits per heavy atom. The van der Waals surface area contributed by atoms with Crippen molar-refractivity contribution in [3.63, 3.8) is 0 Å². The number of rotatable bonds is 4. The molecule has 122 valence electrons. The van der Waals surface area contributed by atoms with Crippen molar-refractivity contribution in [1.82, 2.24) is 9.80 Å². The molecule has 0 spiro atoms. The van der Waals surface area contributed by atoms with Crippen LogP contribution in [0.1, 0.15) is 5.56 Å². The summed E-state index contributed by atoms with van der Waals surface area (Å²) in [5.74, 6) is -2.53. The summed E-state index contributed by atoms with van der Waals surface area (Å²) < 4.78 is 51.0. The van der Waals surface area contributed by atoms with Crippen LogP contribution in [0.15, 0.2) is 30.3 Å². The quantitative estimate of drug-likeness (QED) is 0.796. The van der Waals surface area contributed by atoms with Gasteiger partial charge < -0.3 is 4.90 Å². The minimum atomic E-state index is -4.91. The Balaban J connectivity index is 1.90. The molecule has 0 aliphatic carbocycles. The Kier molecular flexibility index (Phi) is 5.05. The van der Waals surface area contributed by atoms with E-state index >= 15 is 0 Å². The SMILES string of the molecule is CN(CC1CN(Cc2ccccc2)CC1F)C(=O)C(F)(F)F. The Morgan fingerprint density at radius 3 is 2.50 bits per heavy atom. The van der Waals surface area contributed by atoms with Gasteiger partial charge in [0, 0.05) is 39.1 Å². The van der Waals surface area contributed by atoms with E-state index < -0.39 is 24.2 Å². The van der Waals surface area contributed by atoms with Crippen molar-refractivity contribution in [2.45, 2.75) is 18.9 Å². The average molecular weight is 318 g/mol. The van der Waals surface area contributed by atoms with Crippen molar-refractivity contribution < 1.29 is 22.4 Å². The van der Waals surface area contributed by atoms with Gasteiger partial charge in [0.25, 0.3) is 0 Å². The highest BCUT2D eigenvalue weighted by molar-refractivity contribution is 5.81. The van der Waals surface area contributed by atoms with Crippen molar-refractivity contribution in [3.05, 3.63) is 35.9 Å². The molecule has 0 aromatic heterocycles. The standard InChI is InChI=1S/C15H18F4N2O/c1-20(14(22)15(17,18)19)8-12-9-21(10-13(12)16)7-11-5-3-2-4-6-11/h2-6,12-13H,7-10H2,1H3. The molecule has 1 aliphatic rings. The largest absolute Gasteiger partial charge is 0.471 e. The first kappa shape index (κ1) is 16.7. The average Bonchev–Trinajstić information content (AvgIpc) is 2.78. The maximum atomic E-state index is 14.0. The number of hydrogen-bond donors (Lipinski definition) is 0. The van der Waals surface area contributed by atoms with Crippen LogP contribution in [-0.2, 0) is 11.3 Å². The molecule has 7 heteroatoms. The van der Waals surface area contributed by atoms with Crippen LogP contribution in [0.25, 0.3) is 0 Å². The maximum absolute atomic E-state index is 14.0. The van der Waals surface area contributed by atoms with Gasteiger partial charge in [-0.2, -0.15) is 13.2 Å². The van der Waals surface area contributed by atoms with Gasteiger partial charge in [-0.1, -0.05) is 30.3 Å². The lowest BCUT2D eigenvalue weighted by molar-refractivity contribution is -0.184. The van der Waals surface area contributed by atoms with Crippen molar-refractivity contribution >= 4 is 5.91 Å². The molecule has 0 bridgehead atoms. The van der Waals surface area contributed by atoms with Crippen LogP contribution in [0.3, 0.4) is 0 Å². The molecular formula is C15H18F4N2O. The van der Waals surface area contributed by atoms with E-state index in [9.17, 15) is 22.4 Å². The molecule has 2 atom stereocenters. The zero-order valence-electron chi connectivity index (χ0n) is 12.2. The van der Waals surface area contributed by atoms with E-state index in [-0.39, 0.29) is 13.1 Å². The number of carbonyl (C=O) groups is 1. The zero-order chi connectivity index (χ0) is 16.3. The van der Waals surface area contributed by atoms with Gasteiger partial charge in [-0.15, -0.1) is 0 Å². The summed E-state index contributed by atoms with van der Waals surface area (Å²) >= 11 is 0. The molecule has 2 unspecified atom stereocenters. The van der Waals surface area contributed by atoms with Crippen LogP contribution < -0.4 is 0 Å². The first-order valence-corrected chi connectivity index (χ1v) is 7.00. The van der Waals surface area contributed by atoms with Crippen molar-refractivity contribution in [1.29, 1.82) is 0 Å². The normalized spacial score (nSPS) is 22.8.